The molecule has 0 saturated carbocycles. The predicted molar refractivity (Wildman–Crippen MR) is 186 cm³/mol. The van der Waals surface area contributed by atoms with E-state index in [0.29, 0.717) is 32.0 Å². The van der Waals surface area contributed by atoms with Crippen LogP contribution in [0, 0.1) is 25.2 Å². The minimum Gasteiger partial charge on any atom is -0.497 e. The van der Waals surface area contributed by atoms with Gasteiger partial charge in [0.15, 0.2) is 4.80 Å². The van der Waals surface area contributed by atoms with Gasteiger partial charge >= 0.3 is 0 Å². The number of rotatable bonds is 6. The molecule has 0 radical (unpaired) electrons. The number of thiophene rings is 1. The van der Waals surface area contributed by atoms with E-state index >= 15 is 0 Å². The summed E-state index contributed by atoms with van der Waals surface area (Å²) in [6.07, 6.45) is 6.14. The highest BCUT2D eigenvalue weighted by Gasteiger charge is 2.33. The summed E-state index contributed by atoms with van der Waals surface area (Å²) in [7, 11) is 1.60. The van der Waals surface area contributed by atoms with Crippen LogP contribution in [0.4, 0.5) is 5.69 Å². The summed E-state index contributed by atoms with van der Waals surface area (Å²) in [6, 6.07) is 20.6. The van der Waals surface area contributed by atoms with E-state index in [1.54, 1.807) is 23.0 Å². The van der Waals surface area contributed by atoms with Crippen LogP contribution in [0.2, 0.25) is 0 Å². The zero-order valence-electron chi connectivity index (χ0n) is 26.6. The number of nitrogens with zero attached hydrogens (tertiary/aromatic N) is 4. The maximum absolute atomic E-state index is 14.3. The summed E-state index contributed by atoms with van der Waals surface area (Å²) in [5.74, 6) is 0.363. The zero-order valence-corrected chi connectivity index (χ0v) is 28.2. The van der Waals surface area contributed by atoms with Crippen LogP contribution in [0.5, 0.6) is 5.75 Å². The summed E-state index contributed by atoms with van der Waals surface area (Å²) in [6.45, 7) is 5.89. The molecule has 5 aromatic rings. The van der Waals surface area contributed by atoms with Crippen molar-refractivity contribution in [2.45, 2.75) is 52.5 Å². The molecule has 236 valence electrons. The van der Waals surface area contributed by atoms with Crippen LogP contribution in [0.1, 0.15) is 64.3 Å². The van der Waals surface area contributed by atoms with E-state index in [-0.39, 0.29) is 11.5 Å². The second kappa shape index (κ2) is 12.3. The Labute approximate surface area is 280 Å². The van der Waals surface area contributed by atoms with Crippen molar-refractivity contribution < 1.29 is 9.53 Å². The molecule has 0 saturated heterocycles. The van der Waals surface area contributed by atoms with Crippen LogP contribution in [-0.2, 0) is 17.6 Å². The molecule has 10 heteroatoms. The number of fused-ring (bicyclic) bond motifs is 2. The Balaban J connectivity index is 1.35. The normalized spacial score (nSPS) is 15.9. The van der Waals surface area contributed by atoms with Crippen LogP contribution in [0.3, 0.4) is 0 Å². The first-order valence-electron chi connectivity index (χ1n) is 15.6. The molecule has 1 aliphatic carbocycles. The van der Waals surface area contributed by atoms with Gasteiger partial charge in [-0.05, 0) is 99.6 Å². The molecule has 1 aliphatic heterocycles. The number of carbonyl (C=O) groups is 1. The van der Waals surface area contributed by atoms with Gasteiger partial charge in [0.05, 0.1) is 34.5 Å². The molecule has 2 aliphatic rings. The Hall–Kier alpha value is -4.98. The van der Waals surface area contributed by atoms with Gasteiger partial charge in [0.25, 0.3) is 11.5 Å². The molecule has 4 heterocycles. The summed E-state index contributed by atoms with van der Waals surface area (Å²) in [5.41, 5.74) is 7.01. The van der Waals surface area contributed by atoms with E-state index in [0.717, 1.165) is 58.8 Å². The molecular weight excluding hydrogens is 627 g/mol. The number of methoxy groups -OCH3 is 1. The highest BCUT2D eigenvalue weighted by atomic mass is 32.1. The number of aryl methyl sites for hydroxylation is 2. The average Bonchev–Trinajstić information content (AvgIpc) is 3.69. The molecule has 0 spiro atoms. The van der Waals surface area contributed by atoms with Crippen LogP contribution in [0.25, 0.3) is 11.1 Å². The standard InChI is InChI=1S/C37H33N5O3S2/c1-21-18-25(23(3)41(21)36-29(20-38)28-12-8-9-13-30(28)46-36)19-31-35(44)42-33(24-14-16-27(45-4)17-15-24)32(22(2)39-37(42)47-31)34(43)40-26-10-6-5-7-11-26/h5-7,10-11,14-19,33H,8-9,12-13H2,1-4H3,(H,40,43)/b31-19+/t33-/m0/s1. The number of allylic oxidation sites excluding steroid dienone is 1. The highest BCUT2D eigenvalue weighted by molar-refractivity contribution is 7.15. The quantitative estimate of drug-likeness (QED) is 0.238. The van der Waals surface area contributed by atoms with Gasteiger partial charge in [-0.1, -0.05) is 41.7 Å². The molecule has 1 atom stereocenters. The number of nitrogens with one attached hydrogen (secondary N) is 1. The Morgan fingerprint density at radius 3 is 2.53 bits per heavy atom. The Morgan fingerprint density at radius 1 is 1.06 bits per heavy atom. The van der Waals surface area contributed by atoms with Gasteiger partial charge in [0, 0.05) is 22.0 Å². The molecule has 47 heavy (non-hydrogen) atoms. The second-order valence-electron chi connectivity index (χ2n) is 11.8. The fourth-order valence-electron chi connectivity index (χ4n) is 6.65. The number of anilines is 1. The van der Waals surface area contributed by atoms with Gasteiger partial charge in [0.2, 0.25) is 0 Å². The molecule has 3 aromatic heterocycles. The number of ether oxygens (including phenoxy) is 1. The third kappa shape index (κ3) is 5.35. The van der Waals surface area contributed by atoms with Crippen LogP contribution < -0.4 is 24.9 Å². The molecule has 8 nitrogen and oxygen atoms in total. The van der Waals surface area contributed by atoms with Crippen LogP contribution >= 0.6 is 22.7 Å². The lowest BCUT2D eigenvalue weighted by Crippen LogP contribution is -2.40. The van der Waals surface area contributed by atoms with Crippen molar-refractivity contribution in [1.29, 1.82) is 5.26 Å². The Morgan fingerprint density at radius 2 is 1.81 bits per heavy atom. The van der Waals surface area contributed by atoms with Gasteiger partial charge < -0.3 is 14.6 Å². The lowest BCUT2D eigenvalue weighted by molar-refractivity contribution is -0.113. The van der Waals surface area contributed by atoms with E-state index < -0.39 is 6.04 Å². The maximum Gasteiger partial charge on any atom is 0.271 e. The average molecular weight is 660 g/mol. The smallest absolute Gasteiger partial charge is 0.271 e. The van der Waals surface area contributed by atoms with Gasteiger partial charge in [-0.3, -0.25) is 14.2 Å². The molecular formula is C37H33N5O3S2. The lowest BCUT2D eigenvalue weighted by atomic mass is 9.95. The Bertz CT molecular complexity index is 2300. The third-order valence-corrected chi connectivity index (χ3v) is 11.2. The van der Waals surface area contributed by atoms with Gasteiger partial charge in [-0.25, -0.2) is 4.99 Å². The van der Waals surface area contributed by atoms with Crippen LogP contribution in [-0.4, -0.2) is 22.2 Å². The number of hydrogen-bond acceptors (Lipinski definition) is 7. The van der Waals surface area contributed by atoms with Crippen LogP contribution in [0.15, 0.2) is 81.7 Å². The molecule has 2 aromatic carbocycles. The minimum absolute atomic E-state index is 0.221. The predicted octanol–water partition coefficient (Wildman–Crippen LogP) is 6.10. The molecule has 7 rings (SSSR count). The number of para-hydroxylation sites is 1. The van der Waals surface area contributed by atoms with Crippen molar-refractivity contribution in [2.75, 3.05) is 12.4 Å². The molecule has 1 N–H and O–H groups in total. The fourth-order valence-corrected chi connectivity index (χ4v) is 9.13. The first kappa shape index (κ1) is 30.7. The molecule has 1 amide bonds. The zero-order chi connectivity index (χ0) is 32.8. The van der Waals surface area contributed by atoms with Crippen molar-refractivity contribution in [1.82, 2.24) is 9.13 Å². The van der Waals surface area contributed by atoms with E-state index in [9.17, 15) is 14.9 Å². The number of nitriles is 1. The summed E-state index contributed by atoms with van der Waals surface area (Å²) < 4.78 is 9.69. The molecule has 0 fully saturated rings. The number of thiazole rings is 1. The van der Waals surface area contributed by atoms with E-state index in [4.69, 9.17) is 9.73 Å². The summed E-state index contributed by atoms with van der Waals surface area (Å²) >= 11 is 3.03. The van der Waals surface area contributed by atoms with Crippen molar-refractivity contribution in [2.24, 2.45) is 4.99 Å². The van der Waals surface area contributed by atoms with E-state index in [1.165, 1.54) is 21.8 Å². The highest BCUT2D eigenvalue weighted by Crippen LogP contribution is 2.38. The van der Waals surface area contributed by atoms with Crippen molar-refractivity contribution in [3.8, 4) is 16.8 Å². The summed E-state index contributed by atoms with van der Waals surface area (Å²) in [5, 5.41) is 14.1. The number of aromatic nitrogens is 2. The minimum atomic E-state index is -0.689. The molecule has 0 unspecified atom stereocenters. The number of hydrogen-bond donors (Lipinski definition) is 1. The van der Waals surface area contributed by atoms with Gasteiger partial charge in [0.1, 0.15) is 16.8 Å². The van der Waals surface area contributed by atoms with Gasteiger partial charge in [-0.15, -0.1) is 11.3 Å². The fraction of sp³-hybridized carbons (Fsp3) is 0.243. The number of benzene rings is 2. The van der Waals surface area contributed by atoms with Crippen molar-refractivity contribution >= 4 is 40.3 Å². The second-order valence-corrected chi connectivity index (χ2v) is 13.9. The first-order chi connectivity index (χ1) is 22.8. The number of amides is 1. The maximum atomic E-state index is 14.3. The van der Waals surface area contributed by atoms with Gasteiger partial charge in [-0.2, -0.15) is 5.26 Å². The van der Waals surface area contributed by atoms with E-state index in [2.05, 4.69) is 22.0 Å². The van der Waals surface area contributed by atoms with Crippen molar-refractivity contribution in [3.05, 3.63) is 130 Å². The van der Waals surface area contributed by atoms with E-state index in [1.807, 2.05) is 81.4 Å². The summed E-state index contributed by atoms with van der Waals surface area (Å²) in [4.78, 5) is 34.8. The first-order valence-corrected chi connectivity index (χ1v) is 17.2. The monoisotopic (exact) mass is 659 g/mol. The third-order valence-electron chi connectivity index (χ3n) is 8.95. The largest absolute Gasteiger partial charge is 0.497 e. The molecule has 0 bridgehead atoms. The number of carbonyl (C=O) groups excluding carboxylic acids is 1. The SMILES string of the molecule is COc1ccc([C@H]2C(C(=O)Nc3ccccc3)=C(C)N=c3s/c(=C/c4cc(C)n(-c5sc6c(c5C#N)CCCC6)c4C)c(=O)n32)cc1. The lowest BCUT2D eigenvalue weighted by Gasteiger charge is -2.25. The topological polar surface area (TPSA) is 101 Å². The Kier molecular flexibility index (Phi) is 8.04. The van der Waals surface area contributed by atoms with Crippen molar-refractivity contribution in [3.63, 3.8) is 0 Å².